The van der Waals surface area contributed by atoms with E-state index in [0.29, 0.717) is 17.1 Å². The summed E-state index contributed by atoms with van der Waals surface area (Å²) in [5.74, 6) is -1.04. The number of benzene rings is 3. The molecule has 0 aliphatic heterocycles. The van der Waals surface area contributed by atoms with Gasteiger partial charge >= 0.3 is 5.97 Å². The van der Waals surface area contributed by atoms with Crippen molar-refractivity contribution < 1.29 is 19.1 Å². The van der Waals surface area contributed by atoms with Gasteiger partial charge in [-0.2, -0.15) is 0 Å². The summed E-state index contributed by atoms with van der Waals surface area (Å²) in [6.45, 7) is 13.5. The molecule has 210 valence electrons. The van der Waals surface area contributed by atoms with Gasteiger partial charge in [0.1, 0.15) is 11.4 Å². The van der Waals surface area contributed by atoms with Crippen LogP contribution in [0.3, 0.4) is 0 Å². The van der Waals surface area contributed by atoms with Crippen molar-refractivity contribution >= 4 is 29.2 Å². The fourth-order valence-electron chi connectivity index (χ4n) is 4.78. The minimum atomic E-state index is -0.749. The van der Waals surface area contributed by atoms with E-state index < -0.39 is 17.5 Å². The zero-order chi connectivity index (χ0) is 29.3. The number of carbonyl (C=O) groups is 2. The lowest BCUT2D eigenvalue weighted by Crippen LogP contribution is -2.40. The van der Waals surface area contributed by atoms with Crippen molar-refractivity contribution in [2.24, 2.45) is 5.92 Å². The molecule has 1 amide bonds. The van der Waals surface area contributed by atoms with E-state index in [1.807, 2.05) is 87.5 Å². The molecule has 0 bridgehead atoms. The van der Waals surface area contributed by atoms with E-state index in [4.69, 9.17) is 21.1 Å². The van der Waals surface area contributed by atoms with Gasteiger partial charge in [-0.15, -0.1) is 13.2 Å². The monoisotopic (exact) mass is 559 g/mol. The summed E-state index contributed by atoms with van der Waals surface area (Å²) in [5, 5.41) is 0.535. The van der Waals surface area contributed by atoms with Crippen LogP contribution in [0.15, 0.2) is 98.1 Å². The predicted molar refractivity (Wildman–Crippen MR) is 164 cm³/mol. The number of anilines is 1. The average molecular weight is 560 g/mol. The number of ether oxygens (including phenoxy) is 2. The second kappa shape index (κ2) is 14.0. The third-order valence-electron chi connectivity index (χ3n) is 6.51. The van der Waals surface area contributed by atoms with Crippen LogP contribution in [0.2, 0.25) is 5.02 Å². The smallest absolute Gasteiger partial charge is 0.307 e. The molecule has 0 aromatic heterocycles. The Labute approximate surface area is 243 Å². The van der Waals surface area contributed by atoms with E-state index in [-0.39, 0.29) is 24.8 Å². The van der Waals surface area contributed by atoms with E-state index in [9.17, 15) is 9.59 Å². The molecule has 0 aliphatic carbocycles. The van der Waals surface area contributed by atoms with Crippen LogP contribution >= 0.6 is 11.6 Å². The summed E-state index contributed by atoms with van der Waals surface area (Å²) in [7, 11) is 1.64. The summed E-state index contributed by atoms with van der Waals surface area (Å²) >= 11 is 6.60. The SMILES string of the molecule is C=CC[C@H](c1ccccc1Cl)[C@H](CC(=O)OC(C)(C)C)C(=O)N(CC=C)c1ccc(-c2ccccc2OC)cc1. The van der Waals surface area contributed by atoms with Gasteiger partial charge in [-0.05, 0) is 62.6 Å². The summed E-state index contributed by atoms with van der Waals surface area (Å²) in [5.41, 5.74) is 2.70. The molecule has 0 unspecified atom stereocenters. The Bertz CT molecular complexity index is 1330. The van der Waals surface area contributed by atoms with Crippen LogP contribution in [-0.2, 0) is 14.3 Å². The molecule has 40 heavy (non-hydrogen) atoms. The number of carbonyl (C=O) groups excluding carboxylic acids is 2. The lowest BCUT2D eigenvalue weighted by molar-refractivity contribution is -0.157. The molecule has 3 aromatic carbocycles. The second-order valence-corrected chi connectivity index (χ2v) is 10.9. The van der Waals surface area contributed by atoms with Crippen LogP contribution < -0.4 is 9.64 Å². The van der Waals surface area contributed by atoms with E-state index in [2.05, 4.69) is 13.2 Å². The van der Waals surface area contributed by atoms with Crippen LogP contribution in [0, 0.1) is 5.92 Å². The predicted octanol–water partition coefficient (Wildman–Crippen LogP) is 8.24. The maximum atomic E-state index is 14.4. The zero-order valence-electron chi connectivity index (χ0n) is 23.7. The van der Waals surface area contributed by atoms with Gasteiger partial charge in [-0.3, -0.25) is 9.59 Å². The van der Waals surface area contributed by atoms with Crippen molar-refractivity contribution in [2.75, 3.05) is 18.6 Å². The van der Waals surface area contributed by atoms with Crippen molar-refractivity contribution in [1.82, 2.24) is 0 Å². The van der Waals surface area contributed by atoms with Gasteiger partial charge in [0.2, 0.25) is 5.91 Å². The molecule has 0 spiro atoms. The summed E-state index contributed by atoms with van der Waals surface area (Å²) in [4.78, 5) is 29.1. The summed E-state index contributed by atoms with van der Waals surface area (Å²) in [6.07, 6.45) is 3.78. The molecule has 0 heterocycles. The van der Waals surface area contributed by atoms with Crippen molar-refractivity contribution in [1.29, 1.82) is 0 Å². The molecular formula is C34H38ClNO4. The number of esters is 1. The van der Waals surface area contributed by atoms with Gasteiger partial charge in [0, 0.05) is 28.7 Å². The third-order valence-corrected chi connectivity index (χ3v) is 6.85. The van der Waals surface area contributed by atoms with Crippen LogP contribution in [0.25, 0.3) is 11.1 Å². The number of amides is 1. The minimum Gasteiger partial charge on any atom is -0.496 e. The first-order valence-electron chi connectivity index (χ1n) is 13.3. The Morgan fingerprint density at radius 1 is 0.950 bits per heavy atom. The lowest BCUT2D eigenvalue weighted by Gasteiger charge is -2.32. The fraction of sp³-hybridized carbons (Fsp3) is 0.294. The highest BCUT2D eigenvalue weighted by Crippen LogP contribution is 2.38. The largest absolute Gasteiger partial charge is 0.496 e. The number of halogens is 1. The van der Waals surface area contributed by atoms with Crippen LogP contribution in [-0.4, -0.2) is 31.1 Å². The maximum absolute atomic E-state index is 14.4. The number of hydrogen-bond donors (Lipinski definition) is 0. The molecular weight excluding hydrogens is 522 g/mol. The number of nitrogens with zero attached hydrogens (tertiary/aromatic N) is 1. The van der Waals surface area contributed by atoms with Crippen LogP contribution in [0.1, 0.15) is 45.1 Å². The molecule has 0 saturated carbocycles. The van der Waals surface area contributed by atoms with Crippen molar-refractivity contribution in [2.45, 2.75) is 45.1 Å². The van der Waals surface area contributed by atoms with Gasteiger partial charge in [0.15, 0.2) is 0 Å². The molecule has 0 saturated heterocycles. The maximum Gasteiger partial charge on any atom is 0.307 e. The standard InChI is InChI=1S/C34H38ClNO4/c1-7-13-27(28-15-9-11-16-30(28)35)29(23-32(37)40-34(3,4)5)33(38)36(22-8-2)25-20-18-24(19-21-25)26-14-10-12-17-31(26)39-6/h7-12,14-21,27,29H,1-2,13,22-23H2,3-6H3/t27-,29+/m1/s1. The van der Waals surface area contributed by atoms with E-state index in [1.165, 1.54) is 0 Å². The second-order valence-electron chi connectivity index (χ2n) is 10.5. The van der Waals surface area contributed by atoms with E-state index >= 15 is 0 Å². The Morgan fingerprint density at radius 3 is 2.20 bits per heavy atom. The van der Waals surface area contributed by atoms with Crippen molar-refractivity contribution in [3.05, 3.63) is 109 Å². The number of methoxy groups -OCH3 is 1. The first kappa shape index (κ1) is 30.7. The molecule has 3 aromatic rings. The average Bonchev–Trinajstić information content (AvgIpc) is 2.93. The minimum absolute atomic E-state index is 0.104. The third kappa shape index (κ3) is 7.86. The molecule has 2 atom stereocenters. The Kier molecular flexibility index (Phi) is 10.7. The molecule has 0 radical (unpaired) electrons. The summed E-state index contributed by atoms with van der Waals surface area (Å²) in [6, 6.07) is 22.9. The van der Waals surface area contributed by atoms with Crippen molar-refractivity contribution in [3.8, 4) is 16.9 Å². The number of hydrogen-bond acceptors (Lipinski definition) is 4. The van der Waals surface area contributed by atoms with Gasteiger partial charge in [-0.25, -0.2) is 0 Å². The normalized spacial score (nSPS) is 12.6. The number of allylic oxidation sites excluding steroid dienone is 1. The van der Waals surface area contributed by atoms with E-state index in [1.54, 1.807) is 30.2 Å². The Balaban J connectivity index is 2.04. The first-order valence-corrected chi connectivity index (χ1v) is 13.7. The highest BCUT2D eigenvalue weighted by molar-refractivity contribution is 6.31. The molecule has 6 heteroatoms. The highest BCUT2D eigenvalue weighted by Gasteiger charge is 2.36. The molecule has 0 aliphatic rings. The van der Waals surface area contributed by atoms with Gasteiger partial charge in [-0.1, -0.05) is 72.3 Å². The lowest BCUT2D eigenvalue weighted by atomic mass is 9.80. The molecule has 0 fully saturated rings. The molecule has 3 rings (SSSR count). The molecule has 5 nitrogen and oxygen atoms in total. The first-order chi connectivity index (χ1) is 19.1. The van der Waals surface area contributed by atoms with Crippen LogP contribution in [0.4, 0.5) is 5.69 Å². The quantitative estimate of drug-likeness (QED) is 0.166. The van der Waals surface area contributed by atoms with Gasteiger partial charge in [0.05, 0.1) is 19.4 Å². The Morgan fingerprint density at radius 2 is 1.60 bits per heavy atom. The highest BCUT2D eigenvalue weighted by atomic mass is 35.5. The van der Waals surface area contributed by atoms with Gasteiger partial charge in [0.25, 0.3) is 0 Å². The van der Waals surface area contributed by atoms with Crippen LogP contribution in [0.5, 0.6) is 5.75 Å². The molecule has 0 N–H and O–H groups in total. The zero-order valence-corrected chi connectivity index (χ0v) is 24.5. The Hall–Kier alpha value is -3.83. The topological polar surface area (TPSA) is 55.8 Å². The van der Waals surface area contributed by atoms with E-state index in [0.717, 1.165) is 22.4 Å². The van der Waals surface area contributed by atoms with Gasteiger partial charge < -0.3 is 14.4 Å². The summed E-state index contributed by atoms with van der Waals surface area (Å²) < 4.78 is 11.2. The number of rotatable bonds is 12. The number of para-hydroxylation sites is 1. The van der Waals surface area contributed by atoms with Crippen molar-refractivity contribution in [3.63, 3.8) is 0 Å². The fourth-order valence-corrected chi connectivity index (χ4v) is 5.06.